The summed E-state index contributed by atoms with van der Waals surface area (Å²) in [4.78, 5) is 11.3. The first-order valence-electron chi connectivity index (χ1n) is 9.45. The van der Waals surface area contributed by atoms with Gasteiger partial charge in [0, 0.05) is 10.8 Å². The first-order chi connectivity index (χ1) is 12.3. The number of aliphatic hydroxyl groups excluding tert-OH is 2. The summed E-state index contributed by atoms with van der Waals surface area (Å²) < 4.78 is 0. The van der Waals surface area contributed by atoms with Crippen LogP contribution in [0.5, 0.6) is 0 Å². The Labute approximate surface area is 152 Å². The Hall–Kier alpha value is -1.91. The maximum atomic E-state index is 11.3. The van der Waals surface area contributed by atoms with Crippen molar-refractivity contribution < 1.29 is 20.1 Å². The zero-order valence-corrected chi connectivity index (χ0v) is 15.1. The van der Waals surface area contributed by atoms with Crippen LogP contribution in [0, 0.1) is 11.3 Å². The molecule has 0 aliphatic heterocycles. The number of carbonyl (C=O) groups is 1. The Morgan fingerprint density at radius 2 is 1.96 bits per heavy atom. The van der Waals surface area contributed by atoms with E-state index < -0.39 is 18.0 Å². The zero-order chi connectivity index (χ0) is 18.4. The fourth-order valence-corrected chi connectivity index (χ4v) is 6.13. The smallest absolute Gasteiger partial charge is 0.310 e. The first-order valence-corrected chi connectivity index (χ1v) is 9.45. The lowest BCUT2D eigenvalue weighted by Crippen LogP contribution is -2.44. The molecule has 0 radical (unpaired) electrons. The van der Waals surface area contributed by atoms with E-state index >= 15 is 0 Å². The van der Waals surface area contributed by atoms with Crippen LogP contribution in [0.3, 0.4) is 0 Å². The van der Waals surface area contributed by atoms with Crippen LogP contribution in [0.2, 0.25) is 0 Å². The molecule has 26 heavy (non-hydrogen) atoms. The van der Waals surface area contributed by atoms with E-state index in [0.29, 0.717) is 12.3 Å². The van der Waals surface area contributed by atoms with Crippen molar-refractivity contribution in [3.8, 4) is 0 Å². The highest BCUT2D eigenvalue weighted by Crippen LogP contribution is 2.77. The van der Waals surface area contributed by atoms with Crippen LogP contribution in [0.4, 0.5) is 0 Å². The summed E-state index contributed by atoms with van der Waals surface area (Å²) in [7, 11) is 0. The van der Waals surface area contributed by atoms with E-state index in [1.165, 1.54) is 5.56 Å². The van der Waals surface area contributed by atoms with E-state index in [4.69, 9.17) is 0 Å². The van der Waals surface area contributed by atoms with Gasteiger partial charge >= 0.3 is 5.97 Å². The first kappa shape index (κ1) is 16.3. The average molecular weight is 352 g/mol. The van der Waals surface area contributed by atoms with Gasteiger partial charge in [0.15, 0.2) is 0 Å². The van der Waals surface area contributed by atoms with Gasteiger partial charge in [-0.15, -0.1) is 0 Å². The number of aliphatic carboxylic acids is 1. The molecule has 3 aliphatic rings. The monoisotopic (exact) mass is 352 g/mol. The summed E-state index contributed by atoms with van der Waals surface area (Å²) >= 11 is 0. The molecule has 0 heterocycles. The van der Waals surface area contributed by atoms with E-state index in [9.17, 15) is 20.1 Å². The third-order valence-electron chi connectivity index (χ3n) is 7.75. The minimum atomic E-state index is -0.835. The minimum Gasteiger partial charge on any atom is -0.481 e. The molecule has 4 heteroatoms. The van der Waals surface area contributed by atoms with Crippen molar-refractivity contribution >= 4 is 16.7 Å². The second-order valence-electron chi connectivity index (χ2n) is 8.83. The van der Waals surface area contributed by atoms with Gasteiger partial charge in [0.25, 0.3) is 0 Å². The normalized spacial score (nSPS) is 38.4. The van der Waals surface area contributed by atoms with Crippen molar-refractivity contribution in [3.05, 3.63) is 47.0 Å². The van der Waals surface area contributed by atoms with Crippen molar-refractivity contribution in [3.63, 3.8) is 0 Å². The van der Waals surface area contributed by atoms with E-state index in [2.05, 4.69) is 19.1 Å². The fraction of sp³-hybridized carbons (Fsp3) is 0.500. The Kier molecular flexibility index (Phi) is 3.05. The quantitative estimate of drug-likeness (QED) is 0.773. The molecular formula is C22H24O4. The molecule has 0 aromatic heterocycles. The Balaban J connectivity index is 1.71. The summed E-state index contributed by atoms with van der Waals surface area (Å²) in [6, 6.07) is 9.94. The molecular weight excluding hydrogens is 328 g/mol. The van der Waals surface area contributed by atoms with Crippen LogP contribution in [-0.4, -0.2) is 27.4 Å². The van der Waals surface area contributed by atoms with Gasteiger partial charge in [-0.1, -0.05) is 37.3 Å². The molecule has 136 valence electrons. The van der Waals surface area contributed by atoms with Gasteiger partial charge in [-0.3, -0.25) is 4.79 Å². The molecule has 0 saturated heterocycles. The summed E-state index contributed by atoms with van der Waals surface area (Å²) in [5, 5.41) is 32.9. The molecule has 3 aliphatic carbocycles. The lowest BCUT2D eigenvalue weighted by Gasteiger charge is -2.45. The molecule has 3 N–H and O–H groups in total. The number of carboxylic acid groups (broad SMARTS) is 1. The predicted octanol–water partition coefficient (Wildman–Crippen LogP) is 3.49. The molecule has 4 nitrogen and oxygen atoms in total. The van der Waals surface area contributed by atoms with E-state index in [1.807, 2.05) is 18.2 Å². The second-order valence-corrected chi connectivity index (χ2v) is 8.83. The molecule has 2 saturated carbocycles. The van der Waals surface area contributed by atoms with E-state index in [1.54, 1.807) is 6.92 Å². The third-order valence-corrected chi connectivity index (χ3v) is 7.75. The largest absolute Gasteiger partial charge is 0.481 e. The molecule has 0 amide bonds. The minimum absolute atomic E-state index is 0.00218. The SMILES string of the molecule is CC(C(=O)O)c1ccc2c3c(ccc2c1)[C@]12C[C@H]1C[C@H](O)[C@@]2(C)C[C@@H]3O. The number of carboxylic acids is 1. The number of hydrogen-bond acceptors (Lipinski definition) is 3. The van der Waals surface area contributed by atoms with Crippen molar-refractivity contribution in [2.24, 2.45) is 11.3 Å². The molecule has 6 atom stereocenters. The maximum absolute atomic E-state index is 11.3. The van der Waals surface area contributed by atoms with Gasteiger partial charge in [-0.25, -0.2) is 0 Å². The van der Waals surface area contributed by atoms with Gasteiger partial charge in [-0.05, 0) is 59.6 Å². The van der Waals surface area contributed by atoms with Gasteiger partial charge in [0.2, 0.25) is 0 Å². The number of fused-ring (bicyclic) bond motifs is 3. The van der Waals surface area contributed by atoms with Crippen LogP contribution in [-0.2, 0) is 10.2 Å². The van der Waals surface area contributed by atoms with Crippen LogP contribution >= 0.6 is 0 Å². The van der Waals surface area contributed by atoms with Gasteiger partial charge in [0.1, 0.15) is 0 Å². The molecule has 5 rings (SSSR count). The third kappa shape index (κ3) is 1.74. The van der Waals surface area contributed by atoms with Crippen molar-refractivity contribution in [2.45, 2.75) is 56.7 Å². The van der Waals surface area contributed by atoms with Crippen molar-refractivity contribution in [2.75, 3.05) is 0 Å². The highest BCUT2D eigenvalue weighted by atomic mass is 16.4. The standard InChI is InChI=1S/C22H24O4/c1-11(20(25)26)12-3-5-15-13(7-12)4-6-16-19(15)17(23)10-21(2)18(24)8-14-9-22(14,16)21/h3-7,11,14,17-18,23-24H,8-10H2,1-2H3,(H,25,26)/t11?,14-,17+,18+,21-,22+/m1/s1. The summed E-state index contributed by atoms with van der Waals surface area (Å²) in [6.45, 7) is 3.83. The van der Waals surface area contributed by atoms with Crippen LogP contribution < -0.4 is 0 Å². The molecule has 2 fully saturated rings. The number of aliphatic hydroxyl groups is 2. The van der Waals surface area contributed by atoms with Crippen molar-refractivity contribution in [1.29, 1.82) is 0 Å². The number of benzene rings is 2. The number of hydrogen-bond donors (Lipinski definition) is 3. The molecule has 2 aromatic rings. The number of rotatable bonds is 2. The van der Waals surface area contributed by atoms with Crippen LogP contribution in [0.25, 0.3) is 10.8 Å². The van der Waals surface area contributed by atoms with E-state index in [0.717, 1.165) is 34.7 Å². The Bertz CT molecular complexity index is 951. The molecule has 1 unspecified atom stereocenters. The van der Waals surface area contributed by atoms with E-state index in [-0.39, 0.29) is 16.9 Å². The molecule has 0 bridgehead atoms. The molecule has 1 spiro atoms. The Morgan fingerprint density at radius 1 is 1.19 bits per heavy atom. The topological polar surface area (TPSA) is 77.8 Å². The van der Waals surface area contributed by atoms with Gasteiger partial charge in [-0.2, -0.15) is 0 Å². The average Bonchev–Trinajstić information content (AvgIpc) is 3.27. The van der Waals surface area contributed by atoms with Gasteiger partial charge < -0.3 is 15.3 Å². The molecule has 2 aromatic carbocycles. The van der Waals surface area contributed by atoms with Crippen molar-refractivity contribution in [1.82, 2.24) is 0 Å². The summed E-state index contributed by atoms with van der Waals surface area (Å²) in [5.41, 5.74) is 2.72. The lowest BCUT2D eigenvalue weighted by atomic mass is 9.60. The fourth-order valence-electron chi connectivity index (χ4n) is 6.13. The second kappa shape index (κ2) is 4.87. The zero-order valence-electron chi connectivity index (χ0n) is 15.1. The maximum Gasteiger partial charge on any atom is 0.310 e. The highest BCUT2D eigenvalue weighted by molar-refractivity contribution is 5.90. The summed E-state index contributed by atoms with van der Waals surface area (Å²) in [5.74, 6) is -0.879. The Morgan fingerprint density at radius 3 is 2.69 bits per heavy atom. The summed E-state index contributed by atoms with van der Waals surface area (Å²) in [6.07, 6.45) is 1.57. The van der Waals surface area contributed by atoms with Crippen LogP contribution in [0.15, 0.2) is 30.3 Å². The lowest BCUT2D eigenvalue weighted by molar-refractivity contribution is -0.138. The van der Waals surface area contributed by atoms with Gasteiger partial charge in [0.05, 0.1) is 18.1 Å². The van der Waals surface area contributed by atoms with Crippen LogP contribution in [0.1, 0.15) is 61.8 Å². The highest BCUT2D eigenvalue weighted by Gasteiger charge is 2.74. The predicted molar refractivity (Wildman–Crippen MR) is 98.1 cm³/mol.